The average molecular weight is 439 g/mol. The summed E-state index contributed by atoms with van der Waals surface area (Å²) in [6.45, 7) is 1.57. The smallest absolute Gasteiger partial charge is 0.369 e. The van der Waals surface area contributed by atoms with Gasteiger partial charge in [0.1, 0.15) is 5.54 Å². The molecule has 2 aromatic heterocycles. The highest BCUT2D eigenvalue weighted by Crippen LogP contribution is 2.44. The van der Waals surface area contributed by atoms with Crippen LogP contribution in [-0.2, 0) is 21.7 Å². The standard InChI is InChI=1S/C15H14ClF3N4O2S2/c1-14(7-27(24,25)23(2)13(20)22-14)12-10(16)4-11(26-12)8-3-9(6-21-5-8)15(17,18)19/h3-6H,7H2,1-2H3,(H2,20,22)/t14-/m0/s1. The fourth-order valence-electron chi connectivity index (χ4n) is 2.67. The maximum atomic E-state index is 12.9. The molecular weight excluding hydrogens is 425 g/mol. The minimum absolute atomic E-state index is 0.185. The molecular formula is C15H14ClF3N4O2S2. The van der Waals surface area contributed by atoms with E-state index in [0.29, 0.717) is 9.75 Å². The lowest BCUT2D eigenvalue weighted by atomic mass is 10.0. The summed E-state index contributed by atoms with van der Waals surface area (Å²) in [5.41, 5.74) is 3.81. The van der Waals surface area contributed by atoms with Gasteiger partial charge in [-0.3, -0.25) is 4.98 Å². The van der Waals surface area contributed by atoms with Crippen molar-refractivity contribution in [2.24, 2.45) is 10.7 Å². The van der Waals surface area contributed by atoms with Crippen molar-refractivity contribution in [1.82, 2.24) is 9.29 Å². The molecule has 3 rings (SSSR count). The number of pyridine rings is 1. The van der Waals surface area contributed by atoms with Gasteiger partial charge < -0.3 is 5.73 Å². The van der Waals surface area contributed by atoms with Gasteiger partial charge in [0.25, 0.3) is 0 Å². The molecule has 0 saturated heterocycles. The van der Waals surface area contributed by atoms with E-state index in [2.05, 4.69) is 9.98 Å². The number of aliphatic imine (C=N–C) groups is 1. The molecule has 6 nitrogen and oxygen atoms in total. The monoisotopic (exact) mass is 438 g/mol. The Labute approximate surface area is 162 Å². The molecule has 0 radical (unpaired) electrons. The molecule has 146 valence electrons. The summed E-state index contributed by atoms with van der Waals surface area (Å²) in [5.74, 6) is -0.548. The molecule has 0 amide bonds. The normalized spacial score (nSPS) is 22.6. The number of sulfonamides is 1. The lowest BCUT2D eigenvalue weighted by Crippen LogP contribution is -2.50. The van der Waals surface area contributed by atoms with E-state index in [4.69, 9.17) is 17.3 Å². The second-order valence-electron chi connectivity index (χ2n) is 6.22. The topological polar surface area (TPSA) is 88.7 Å². The predicted molar refractivity (Wildman–Crippen MR) is 98.1 cm³/mol. The summed E-state index contributed by atoms with van der Waals surface area (Å²) in [5, 5.41) is 0.200. The minimum Gasteiger partial charge on any atom is -0.369 e. The van der Waals surface area contributed by atoms with Gasteiger partial charge in [-0.25, -0.2) is 17.7 Å². The second-order valence-corrected chi connectivity index (χ2v) is 9.67. The zero-order chi connectivity index (χ0) is 20.2. The van der Waals surface area contributed by atoms with E-state index >= 15 is 0 Å². The van der Waals surface area contributed by atoms with Gasteiger partial charge in [-0.1, -0.05) is 11.6 Å². The van der Waals surface area contributed by atoms with Crippen LogP contribution in [0.3, 0.4) is 0 Å². The summed E-state index contributed by atoms with van der Waals surface area (Å²) in [4.78, 5) is 8.71. The Morgan fingerprint density at radius 1 is 1.33 bits per heavy atom. The lowest BCUT2D eigenvalue weighted by Gasteiger charge is -2.33. The highest BCUT2D eigenvalue weighted by Gasteiger charge is 2.42. The summed E-state index contributed by atoms with van der Waals surface area (Å²) in [6, 6.07) is 2.44. The van der Waals surface area contributed by atoms with Crippen molar-refractivity contribution < 1.29 is 21.6 Å². The maximum Gasteiger partial charge on any atom is 0.417 e. The molecule has 3 heterocycles. The van der Waals surface area contributed by atoms with Crippen LogP contribution in [0.5, 0.6) is 0 Å². The Kier molecular flexibility index (Phi) is 4.68. The van der Waals surface area contributed by atoms with Crippen LogP contribution in [-0.4, -0.2) is 36.5 Å². The Bertz CT molecular complexity index is 1040. The van der Waals surface area contributed by atoms with Crippen molar-refractivity contribution in [3.63, 3.8) is 0 Å². The molecule has 0 unspecified atom stereocenters. The zero-order valence-electron chi connectivity index (χ0n) is 14.1. The molecule has 1 aliphatic heterocycles. The van der Waals surface area contributed by atoms with Crippen LogP contribution in [0, 0.1) is 0 Å². The average Bonchev–Trinajstić information content (AvgIpc) is 2.94. The Balaban J connectivity index is 2.08. The molecule has 0 saturated carbocycles. The van der Waals surface area contributed by atoms with Gasteiger partial charge >= 0.3 is 6.18 Å². The van der Waals surface area contributed by atoms with Crippen LogP contribution >= 0.6 is 22.9 Å². The Morgan fingerprint density at radius 3 is 2.59 bits per heavy atom. The third-order valence-corrected chi connectivity index (χ3v) is 7.89. The molecule has 2 N–H and O–H groups in total. The van der Waals surface area contributed by atoms with Crippen molar-refractivity contribution in [2.75, 3.05) is 12.8 Å². The van der Waals surface area contributed by atoms with Crippen LogP contribution in [0.2, 0.25) is 5.02 Å². The summed E-state index contributed by atoms with van der Waals surface area (Å²) in [6.07, 6.45) is -2.51. The molecule has 0 spiro atoms. The number of halogens is 4. The molecule has 12 heteroatoms. The first-order chi connectivity index (χ1) is 12.3. The van der Waals surface area contributed by atoms with Gasteiger partial charge in [0, 0.05) is 29.9 Å². The van der Waals surface area contributed by atoms with E-state index in [1.54, 1.807) is 6.92 Å². The van der Waals surface area contributed by atoms with E-state index in [1.807, 2.05) is 0 Å². The Morgan fingerprint density at radius 2 is 2.00 bits per heavy atom. The number of alkyl halides is 3. The number of guanidine groups is 1. The number of rotatable bonds is 2. The first-order valence-corrected chi connectivity index (χ1v) is 10.3. The fourth-order valence-corrected chi connectivity index (χ4v) is 5.82. The van der Waals surface area contributed by atoms with E-state index < -0.39 is 27.3 Å². The third kappa shape index (κ3) is 3.63. The van der Waals surface area contributed by atoms with Gasteiger partial charge in [-0.05, 0) is 19.1 Å². The van der Waals surface area contributed by atoms with Crippen molar-refractivity contribution >= 4 is 38.9 Å². The summed E-state index contributed by atoms with van der Waals surface area (Å²) < 4.78 is 64.3. The van der Waals surface area contributed by atoms with E-state index in [-0.39, 0.29) is 22.3 Å². The van der Waals surface area contributed by atoms with Crippen molar-refractivity contribution in [2.45, 2.75) is 18.6 Å². The van der Waals surface area contributed by atoms with E-state index in [0.717, 1.165) is 27.9 Å². The number of hydrogen-bond acceptors (Lipinski definition) is 6. The largest absolute Gasteiger partial charge is 0.417 e. The molecule has 0 aromatic carbocycles. The molecule has 27 heavy (non-hydrogen) atoms. The van der Waals surface area contributed by atoms with E-state index in [9.17, 15) is 21.6 Å². The Hall–Kier alpha value is -1.85. The fraction of sp³-hybridized carbons (Fsp3) is 0.333. The minimum atomic E-state index is -4.53. The first-order valence-electron chi connectivity index (χ1n) is 7.48. The number of nitrogens with zero attached hydrogens (tertiary/aromatic N) is 3. The van der Waals surface area contributed by atoms with Crippen LogP contribution in [0.1, 0.15) is 17.4 Å². The molecule has 0 aliphatic carbocycles. The lowest BCUT2D eigenvalue weighted by molar-refractivity contribution is -0.137. The van der Waals surface area contributed by atoms with Crippen LogP contribution in [0.15, 0.2) is 29.5 Å². The SMILES string of the molecule is CN1C(N)=N[C@](C)(c2sc(-c3cncc(C(F)(F)F)c3)cc2Cl)CS1(=O)=O. The third-order valence-electron chi connectivity index (χ3n) is 4.09. The molecule has 1 atom stereocenters. The van der Waals surface area contributed by atoms with Crippen molar-refractivity contribution in [3.05, 3.63) is 40.0 Å². The van der Waals surface area contributed by atoms with Crippen LogP contribution < -0.4 is 5.73 Å². The quantitative estimate of drug-likeness (QED) is 0.779. The first kappa shape index (κ1) is 19.9. The van der Waals surface area contributed by atoms with Gasteiger partial charge in [0.2, 0.25) is 16.0 Å². The number of thiophene rings is 1. The summed E-state index contributed by atoms with van der Waals surface area (Å²) in [7, 11) is -2.41. The highest BCUT2D eigenvalue weighted by atomic mass is 35.5. The van der Waals surface area contributed by atoms with Gasteiger partial charge in [0.15, 0.2) is 0 Å². The number of hydrogen-bond donors (Lipinski definition) is 1. The molecule has 0 bridgehead atoms. The van der Waals surface area contributed by atoms with Crippen molar-refractivity contribution in [3.8, 4) is 10.4 Å². The van der Waals surface area contributed by atoms with Crippen molar-refractivity contribution in [1.29, 1.82) is 0 Å². The molecule has 1 aliphatic rings. The second kappa shape index (κ2) is 6.35. The molecule has 0 fully saturated rings. The maximum absolute atomic E-state index is 12.9. The predicted octanol–water partition coefficient (Wildman–Crippen LogP) is 3.29. The number of aromatic nitrogens is 1. The molecule has 2 aromatic rings. The van der Waals surface area contributed by atoms with Crippen LogP contribution in [0.25, 0.3) is 10.4 Å². The van der Waals surface area contributed by atoms with E-state index in [1.165, 1.54) is 19.3 Å². The van der Waals surface area contributed by atoms with Gasteiger partial charge in [-0.15, -0.1) is 11.3 Å². The highest BCUT2D eigenvalue weighted by molar-refractivity contribution is 7.89. The number of nitrogens with two attached hydrogens (primary N) is 1. The summed E-state index contributed by atoms with van der Waals surface area (Å²) >= 11 is 7.33. The van der Waals surface area contributed by atoms with Gasteiger partial charge in [-0.2, -0.15) is 13.2 Å². The van der Waals surface area contributed by atoms with Crippen LogP contribution in [0.4, 0.5) is 13.2 Å². The zero-order valence-corrected chi connectivity index (χ0v) is 16.5. The van der Waals surface area contributed by atoms with Gasteiger partial charge in [0.05, 0.1) is 21.2 Å².